The number of hydrogen-bond donors (Lipinski definition) is 2. The van der Waals surface area contributed by atoms with Gasteiger partial charge in [0.15, 0.2) is 0 Å². The number of hydrogen-bond acceptors (Lipinski definition) is 6. The average Bonchev–Trinajstić information content (AvgIpc) is 2.67. The molecule has 0 aliphatic rings. The Labute approximate surface area is 156 Å². The maximum atomic E-state index is 12.6. The van der Waals surface area contributed by atoms with Crippen LogP contribution in [0.15, 0.2) is 47.4 Å². The minimum absolute atomic E-state index is 0.0837. The zero-order chi connectivity index (χ0) is 20.0. The van der Waals surface area contributed by atoms with Crippen LogP contribution in [0.3, 0.4) is 0 Å². The van der Waals surface area contributed by atoms with Gasteiger partial charge in [0.1, 0.15) is 10.6 Å². The number of nitrogens with one attached hydrogen (secondary N) is 1. The number of aromatic carboxylic acids is 1. The first-order valence-electron chi connectivity index (χ1n) is 7.86. The summed E-state index contributed by atoms with van der Waals surface area (Å²) in [6.45, 7) is 0.0837. The molecule has 0 amide bonds. The molecule has 2 aromatic carbocycles. The molecule has 9 heteroatoms. The Morgan fingerprint density at radius 3 is 2.22 bits per heavy atom. The first kappa shape index (κ1) is 20.4. The van der Waals surface area contributed by atoms with Crippen molar-refractivity contribution >= 4 is 22.0 Å². The van der Waals surface area contributed by atoms with E-state index in [1.54, 1.807) is 12.1 Å². The lowest BCUT2D eigenvalue weighted by atomic mass is 10.1. The van der Waals surface area contributed by atoms with Gasteiger partial charge in [0.25, 0.3) is 0 Å². The fourth-order valence-electron chi connectivity index (χ4n) is 2.35. The summed E-state index contributed by atoms with van der Waals surface area (Å²) in [5.74, 6) is -1.59. The van der Waals surface area contributed by atoms with Crippen molar-refractivity contribution < 1.29 is 32.6 Å². The third-order valence-electron chi connectivity index (χ3n) is 3.78. The topological polar surface area (TPSA) is 119 Å². The van der Waals surface area contributed by atoms with Crippen molar-refractivity contribution in [3.63, 3.8) is 0 Å². The Hall–Kier alpha value is -2.91. The molecule has 0 fully saturated rings. The Balaban J connectivity index is 2.13. The van der Waals surface area contributed by atoms with E-state index in [9.17, 15) is 18.0 Å². The summed E-state index contributed by atoms with van der Waals surface area (Å²) in [5.41, 5.74) is 1.02. The highest BCUT2D eigenvalue weighted by atomic mass is 32.2. The van der Waals surface area contributed by atoms with Gasteiger partial charge >= 0.3 is 11.9 Å². The highest BCUT2D eigenvalue weighted by Crippen LogP contribution is 2.25. The molecular formula is C18H19NO7S. The average molecular weight is 393 g/mol. The summed E-state index contributed by atoms with van der Waals surface area (Å²) in [7, 11) is -1.40. The fourth-order valence-corrected chi connectivity index (χ4v) is 3.58. The van der Waals surface area contributed by atoms with Crippen LogP contribution in [-0.4, -0.2) is 46.2 Å². The predicted octanol–water partition coefficient (Wildman–Crippen LogP) is 1.70. The number of carboxylic acids is 1. The molecule has 8 nitrogen and oxygen atoms in total. The smallest absolute Gasteiger partial charge is 0.337 e. The van der Waals surface area contributed by atoms with Gasteiger partial charge in [-0.15, -0.1) is 0 Å². The minimum Gasteiger partial charge on any atom is -0.495 e. The van der Waals surface area contributed by atoms with Gasteiger partial charge in [0, 0.05) is 6.54 Å². The van der Waals surface area contributed by atoms with Crippen molar-refractivity contribution in [2.24, 2.45) is 0 Å². The van der Waals surface area contributed by atoms with Crippen molar-refractivity contribution in [3.05, 3.63) is 59.2 Å². The lowest BCUT2D eigenvalue weighted by Gasteiger charge is -2.12. The van der Waals surface area contributed by atoms with E-state index in [0.29, 0.717) is 6.42 Å². The normalized spacial score (nSPS) is 11.0. The van der Waals surface area contributed by atoms with Crippen LogP contribution in [0.2, 0.25) is 0 Å². The summed E-state index contributed by atoms with van der Waals surface area (Å²) in [6, 6.07) is 10.1. The summed E-state index contributed by atoms with van der Waals surface area (Å²) in [5, 5.41) is 8.88. The van der Waals surface area contributed by atoms with Crippen LogP contribution >= 0.6 is 0 Å². The number of sulfonamides is 1. The first-order valence-corrected chi connectivity index (χ1v) is 9.35. The highest BCUT2D eigenvalue weighted by Gasteiger charge is 2.21. The largest absolute Gasteiger partial charge is 0.495 e. The van der Waals surface area contributed by atoms with E-state index >= 15 is 0 Å². The number of carbonyl (C=O) groups excluding carboxylic acids is 1. The summed E-state index contributed by atoms with van der Waals surface area (Å²) in [6.07, 6.45) is 0.359. The van der Waals surface area contributed by atoms with E-state index in [1.807, 2.05) is 0 Å². The van der Waals surface area contributed by atoms with Gasteiger partial charge in [-0.25, -0.2) is 22.7 Å². The first-order chi connectivity index (χ1) is 12.8. The molecule has 0 aromatic heterocycles. The number of rotatable bonds is 8. The van der Waals surface area contributed by atoms with E-state index < -0.39 is 22.0 Å². The van der Waals surface area contributed by atoms with Gasteiger partial charge in [-0.3, -0.25) is 0 Å². The zero-order valence-electron chi connectivity index (χ0n) is 14.8. The van der Waals surface area contributed by atoms with E-state index in [4.69, 9.17) is 9.84 Å². The molecule has 0 saturated heterocycles. The van der Waals surface area contributed by atoms with Crippen LogP contribution in [-0.2, 0) is 21.2 Å². The van der Waals surface area contributed by atoms with E-state index in [-0.39, 0.29) is 28.3 Å². The van der Waals surface area contributed by atoms with Crippen LogP contribution in [0.5, 0.6) is 5.75 Å². The van der Waals surface area contributed by atoms with Crippen molar-refractivity contribution in [1.82, 2.24) is 4.72 Å². The van der Waals surface area contributed by atoms with E-state index in [2.05, 4.69) is 9.46 Å². The van der Waals surface area contributed by atoms with Gasteiger partial charge in [0.05, 0.1) is 25.3 Å². The minimum atomic E-state index is -3.94. The second-order valence-electron chi connectivity index (χ2n) is 5.51. The molecule has 0 saturated carbocycles. The Morgan fingerprint density at radius 2 is 1.67 bits per heavy atom. The molecule has 0 heterocycles. The predicted molar refractivity (Wildman–Crippen MR) is 96.6 cm³/mol. The van der Waals surface area contributed by atoms with Crippen molar-refractivity contribution in [2.45, 2.75) is 11.3 Å². The third kappa shape index (κ3) is 5.05. The van der Waals surface area contributed by atoms with Gasteiger partial charge in [-0.05, 0) is 42.3 Å². The molecule has 2 N–H and O–H groups in total. The second kappa shape index (κ2) is 8.65. The number of esters is 1. The molecule has 0 radical (unpaired) electrons. The van der Waals surface area contributed by atoms with Crippen LogP contribution in [0, 0.1) is 0 Å². The number of carboxylic acid groups (broad SMARTS) is 1. The lowest BCUT2D eigenvalue weighted by Crippen LogP contribution is -2.26. The van der Waals surface area contributed by atoms with Gasteiger partial charge < -0.3 is 14.6 Å². The summed E-state index contributed by atoms with van der Waals surface area (Å²) in [4.78, 5) is 22.3. The standard InChI is InChI=1S/C18H19NO7S/c1-25-15-8-7-14(18(22)26-2)11-16(15)27(23,24)19-10-9-12-3-5-13(6-4-12)17(20)21/h3-8,11,19H,9-10H2,1-2H3,(H,20,21). The molecule has 0 aliphatic carbocycles. The SMILES string of the molecule is COC(=O)c1ccc(OC)c(S(=O)(=O)NCCc2ccc(C(=O)O)cc2)c1. The van der Waals surface area contributed by atoms with Gasteiger partial charge in [-0.1, -0.05) is 12.1 Å². The van der Waals surface area contributed by atoms with Crippen molar-refractivity contribution in [3.8, 4) is 5.75 Å². The third-order valence-corrected chi connectivity index (χ3v) is 5.26. The van der Waals surface area contributed by atoms with E-state index in [1.165, 1.54) is 44.6 Å². The number of methoxy groups -OCH3 is 2. The molecule has 144 valence electrons. The zero-order valence-corrected chi connectivity index (χ0v) is 15.6. The molecule has 2 rings (SSSR count). The monoisotopic (exact) mass is 393 g/mol. The van der Waals surface area contributed by atoms with Gasteiger partial charge in [-0.2, -0.15) is 0 Å². The Bertz CT molecular complexity index is 937. The van der Waals surface area contributed by atoms with Crippen LogP contribution in [0.25, 0.3) is 0 Å². The van der Waals surface area contributed by atoms with Crippen LogP contribution in [0.4, 0.5) is 0 Å². The molecule has 0 atom stereocenters. The summed E-state index contributed by atoms with van der Waals surface area (Å²) < 4.78 is 37.3. The highest BCUT2D eigenvalue weighted by molar-refractivity contribution is 7.89. The maximum Gasteiger partial charge on any atom is 0.337 e. The van der Waals surface area contributed by atoms with E-state index in [0.717, 1.165) is 5.56 Å². The molecule has 0 bridgehead atoms. The molecule has 2 aromatic rings. The number of carbonyl (C=O) groups is 2. The fraction of sp³-hybridized carbons (Fsp3) is 0.222. The molecular weight excluding hydrogens is 374 g/mol. The van der Waals surface area contributed by atoms with Crippen LogP contribution < -0.4 is 9.46 Å². The number of ether oxygens (including phenoxy) is 2. The molecule has 27 heavy (non-hydrogen) atoms. The second-order valence-corrected chi connectivity index (χ2v) is 7.24. The number of benzene rings is 2. The quantitative estimate of drug-likeness (QED) is 0.655. The molecule has 0 spiro atoms. The maximum absolute atomic E-state index is 12.6. The van der Waals surface area contributed by atoms with Crippen molar-refractivity contribution in [2.75, 3.05) is 20.8 Å². The Kier molecular flexibility index (Phi) is 6.54. The molecule has 0 unspecified atom stereocenters. The van der Waals surface area contributed by atoms with Gasteiger partial charge in [0.2, 0.25) is 10.0 Å². The molecule has 0 aliphatic heterocycles. The van der Waals surface area contributed by atoms with Crippen LogP contribution in [0.1, 0.15) is 26.3 Å². The Morgan fingerprint density at radius 1 is 1.04 bits per heavy atom. The lowest BCUT2D eigenvalue weighted by molar-refractivity contribution is 0.0599. The summed E-state index contributed by atoms with van der Waals surface area (Å²) >= 11 is 0. The van der Waals surface area contributed by atoms with Crippen molar-refractivity contribution in [1.29, 1.82) is 0 Å².